The minimum absolute atomic E-state index is 0.0907. The summed E-state index contributed by atoms with van der Waals surface area (Å²) in [6, 6.07) is 5.90. The average Bonchev–Trinajstić information content (AvgIpc) is 2.37. The van der Waals surface area contributed by atoms with Crippen LogP contribution in [0.5, 0.6) is 5.75 Å². The molecule has 2 unspecified atom stereocenters. The van der Waals surface area contributed by atoms with Crippen LogP contribution in [0.1, 0.15) is 37.5 Å². The van der Waals surface area contributed by atoms with Crippen molar-refractivity contribution in [2.45, 2.75) is 38.9 Å². The summed E-state index contributed by atoms with van der Waals surface area (Å²) in [6.07, 6.45) is 1.21. The summed E-state index contributed by atoms with van der Waals surface area (Å²) in [6.45, 7) is 4.93. The first kappa shape index (κ1) is 13.4. The van der Waals surface area contributed by atoms with Gasteiger partial charge in [-0.3, -0.25) is 0 Å². The predicted molar refractivity (Wildman–Crippen MR) is 70.9 cm³/mol. The number of fused-ring (bicyclic) bond motifs is 1. The van der Waals surface area contributed by atoms with Gasteiger partial charge in [-0.05, 0) is 42.0 Å². The number of hydrogen-bond acceptors (Lipinski definition) is 3. The fourth-order valence-electron chi connectivity index (χ4n) is 2.35. The highest BCUT2D eigenvalue weighted by molar-refractivity contribution is 5.39. The van der Waals surface area contributed by atoms with Crippen molar-refractivity contribution in [2.24, 2.45) is 5.92 Å². The number of ether oxygens (including phenoxy) is 2. The molecule has 0 saturated carbocycles. The topological polar surface area (TPSA) is 38.7 Å². The van der Waals surface area contributed by atoms with Gasteiger partial charge in [0, 0.05) is 6.61 Å². The van der Waals surface area contributed by atoms with E-state index in [9.17, 15) is 5.11 Å². The summed E-state index contributed by atoms with van der Waals surface area (Å²) < 4.78 is 11.0. The van der Waals surface area contributed by atoms with Crippen LogP contribution >= 0.6 is 0 Å². The second-order valence-electron chi connectivity index (χ2n) is 5.31. The van der Waals surface area contributed by atoms with Gasteiger partial charge < -0.3 is 14.6 Å². The molecule has 0 spiro atoms. The molecular weight excluding hydrogens is 228 g/mol. The number of aliphatic hydroxyl groups is 1. The van der Waals surface area contributed by atoms with Crippen LogP contribution in [0.15, 0.2) is 18.2 Å². The van der Waals surface area contributed by atoms with E-state index in [-0.39, 0.29) is 6.10 Å². The lowest BCUT2D eigenvalue weighted by Crippen LogP contribution is -2.29. The molecule has 0 bridgehead atoms. The van der Waals surface area contributed by atoms with Crippen LogP contribution in [0, 0.1) is 5.92 Å². The molecular formula is C15H22O3. The molecule has 1 aromatic rings. The van der Waals surface area contributed by atoms with Gasteiger partial charge in [0.15, 0.2) is 0 Å². The van der Waals surface area contributed by atoms with E-state index in [0.717, 1.165) is 24.2 Å². The smallest absolute Gasteiger partial charge is 0.119 e. The third-order valence-corrected chi connectivity index (χ3v) is 3.37. The number of methoxy groups -OCH3 is 1. The average molecular weight is 250 g/mol. The van der Waals surface area contributed by atoms with E-state index in [0.29, 0.717) is 12.5 Å². The van der Waals surface area contributed by atoms with E-state index in [4.69, 9.17) is 9.47 Å². The molecule has 0 saturated heterocycles. The lowest BCUT2D eigenvalue weighted by molar-refractivity contribution is -0.0566. The van der Waals surface area contributed by atoms with Crippen molar-refractivity contribution >= 4 is 0 Å². The third kappa shape index (κ3) is 2.85. The van der Waals surface area contributed by atoms with Crippen molar-refractivity contribution in [3.63, 3.8) is 0 Å². The van der Waals surface area contributed by atoms with Crippen molar-refractivity contribution in [1.82, 2.24) is 0 Å². The van der Waals surface area contributed by atoms with E-state index in [1.165, 1.54) is 5.56 Å². The van der Waals surface area contributed by atoms with Crippen LogP contribution in [0.3, 0.4) is 0 Å². The second kappa shape index (κ2) is 5.72. The first-order valence-corrected chi connectivity index (χ1v) is 6.58. The van der Waals surface area contributed by atoms with Gasteiger partial charge in [-0.1, -0.05) is 19.9 Å². The van der Waals surface area contributed by atoms with Gasteiger partial charge in [-0.15, -0.1) is 0 Å². The first-order valence-electron chi connectivity index (χ1n) is 6.58. The van der Waals surface area contributed by atoms with Crippen LogP contribution in [-0.2, 0) is 11.2 Å². The van der Waals surface area contributed by atoms with Gasteiger partial charge in [0.25, 0.3) is 0 Å². The van der Waals surface area contributed by atoms with Crippen molar-refractivity contribution in [3.8, 4) is 5.75 Å². The lowest BCUT2D eigenvalue weighted by Gasteiger charge is -2.30. The minimum atomic E-state index is -0.539. The molecule has 0 radical (unpaired) electrons. The van der Waals surface area contributed by atoms with Crippen LogP contribution in [0.25, 0.3) is 0 Å². The quantitative estimate of drug-likeness (QED) is 0.893. The highest BCUT2D eigenvalue weighted by Crippen LogP contribution is 2.34. The van der Waals surface area contributed by atoms with E-state index >= 15 is 0 Å². The number of aryl methyl sites for hydroxylation is 1. The largest absolute Gasteiger partial charge is 0.497 e. The highest BCUT2D eigenvalue weighted by Gasteiger charge is 2.29. The van der Waals surface area contributed by atoms with E-state index in [2.05, 4.69) is 13.8 Å². The number of benzene rings is 1. The number of hydrogen-bond donors (Lipinski definition) is 1. The Kier molecular flexibility index (Phi) is 4.25. The molecule has 3 nitrogen and oxygen atoms in total. The van der Waals surface area contributed by atoms with Crippen molar-refractivity contribution in [1.29, 1.82) is 0 Å². The predicted octanol–water partition coefficient (Wildman–Crippen LogP) is 2.72. The maximum atomic E-state index is 10.4. The molecule has 3 heteroatoms. The molecule has 1 N–H and O–H groups in total. The van der Waals surface area contributed by atoms with Crippen molar-refractivity contribution in [2.75, 3.05) is 13.7 Å². The zero-order valence-corrected chi connectivity index (χ0v) is 11.3. The van der Waals surface area contributed by atoms with Crippen LogP contribution in [-0.4, -0.2) is 24.9 Å². The zero-order valence-electron chi connectivity index (χ0n) is 11.3. The molecule has 0 heterocycles. The molecule has 1 aliphatic rings. The molecule has 18 heavy (non-hydrogen) atoms. The normalized spacial score (nSPS) is 22.9. The molecule has 1 aromatic carbocycles. The zero-order chi connectivity index (χ0) is 13.1. The number of aliphatic hydroxyl groups excluding tert-OH is 1. The molecule has 0 amide bonds. The monoisotopic (exact) mass is 250 g/mol. The maximum Gasteiger partial charge on any atom is 0.119 e. The Morgan fingerprint density at radius 2 is 2.17 bits per heavy atom. The summed E-state index contributed by atoms with van der Waals surface area (Å²) >= 11 is 0. The van der Waals surface area contributed by atoms with E-state index in [1.54, 1.807) is 7.11 Å². The Morgan fingerprint density at radius 1 is 1.39 bits per heavy atom. The molecule has 1 aliphatic carbocycles. The van der Waals surface area contributed by atoms with Gasteiger partial charge in [0.05, 0.1) is 13.2 Å². The number of rotatable bonds is 4. The van der Waals surface area contributed by atoms with Crippen molar-refractivity contribution in [3.05, 3.63) is 29.3 Å². The molecule has 0 fully saturated rings. The second-order valence-corrected chi connectivity index (χ2v) is 5.31. The third-order valence-electron chi connectivity index (χ3n) is 3.37. The van der Waals surface area contributed by atoms with Crippen LogP contribution in [0.4, 0.5) is 0 Å². The molecule has 2 atom stereocenters. The van der Waals surface area contributed by atoms with Gasteiger partial charge in [0.1, 0.15) is 11.9 Å². The summed E-state index contributed by atoms with van der Waals surface area (Å²) in [4.78, 5) is 0. The summed E-state index contributed by atoms with van der Waals surface area (Å²) in [5, 5.41) is 10.4. The Labute approximate surface area is 109 Å². The van der Waals surface area contributed by atoms with Crippen molar-refractivity contribution < 1.29 is 14.6 Å². The molecule has 0 aliphatic heterocycles. The van der Waals surface area contributed by atoms with Gasteiger partial charge >= 0.3 is 0 Å². The Morgan fingerprint density at radius 3 is 2.83 bits per heavy atom. The fourth-order valence-corrected chi connectivity index (χ4v) is 2.35. The Hall–Kier alpha value is -1.06. The summed E-state index contributed by atoms with van der Waals surface area (Å²) in [7, 11) is 1.64. The summed E-state index contributed by atoms with van der Waals surface area (Å²) in [5.41, 5.74) is 2.15. The molecule has 100 valence electrons. The van der Waals surface area contributed by atoms with Gasteiger partial charge in [-0.25, -0.2) is 0 Å². The van der Waals surface area contributed by atoms with Crippen LogP contribution < -0.4 is 4.74 Å². The molecule has 2 rings (SSSR count). The standard InChI is InChI=1S/C15H22O3/c1-10(2)9-18-14-7-5-11-4-6-12(17-3)8-13(11)15(14)16/h4,6,8,10,14-16H,5,7,9H2,1-3H3. The SMILES string of the molecule is COc1ccc2c(c1)C(O)C(OCC(C)C)CC2. The van der Waals surface area contributed by atoms with Gasteiger partial charge in [0.2, 0.25) is 0 Å². The van der Waals surface area contributed by atoms with E-state index in [1.807, 2.05) is 18.2 Å². The fraction of sp³-hybridized carbons (Fsp3) is 0.600. The Balaban J connectivity index is 2.13. The maximum absolute atomic E-state index is 10.4. The van der Waals surface area contributed by atoms with Gasteiger partial charge in [-0.2, -0.15) is 0 Å². The summed E-state index contributed by atoms with van der Waals surface area (Å²) in [5.74, 6) is 1.28. The minimum Gasteiger partial charge on any atom is -0.497 e. The van der Waals surface area contributed by atoms with E-state index < -0.39 is 6.10 Å². The highest BCUT2D eigenvalue weighted by atomic mass is 16.5. The first-order chi connectivity index (χ1) is 8.61. The van der Waals surface area contributed by atoms with Crippen LogP contribution in [0.2, 0.25) is 0 Å². The molecule has 0 aromatic heterocycles. The Bertz CT molecular complexity index is 401. The lowest BCUT2D eigenvalue weighted by atomic mass is 9.87.